The smallest absolute Gasteiger partial charge is 0.135 e. The quantitative estimate of drug-likeness (QED) is 0.812. The van der Waals surface area contributed by atoms with Crippen molar-refractivity contribution >= 4 is 16.7 Å². The lowest BCUT2D eigenvalue weighted by Crippen LogP contribution is -2.32. The summed E-state index contributed by atoms with van der Waals surface area (Å²) in [5, 5.41) is 1.20. The lowest BCUT2D eigenvalue weighted by molar-refractivity contribution is 0.181. The Kier molecular flexibility index (Phi) is 2.77. The Morgan fingerprint density at radius 3 is 3.24 bits per heavy atom. The molecule has 17 heavy (non-hydrogen) atoms. The maximum atomic E-state index is 5.46. The third kappa shape index (κ3) is 1.80. The first kappa shape index (κ1) is 10.7. The molecule has 1 aromatic heterocycles. The number of hydrogen-bond acceptors (Lipinski definition) is 3. The minimum Gasteiger partial charge on any atom is -0.464 e. The van der Waals surface area contributed by atoms with Crippen molar-refractivity contribution in [1.82, 2.24) is 0 Å². The van der Waals surface area contributed by atoms with Crippen LogP contribution in [0.5, 0.6) is 0 Å². The molecular weight excluding hydrogens is 214 g/mol. The predicted molar refractivity (Wildman–Crippen MR) is 68.5 cm³/mol. The van der Waals surface area contributed by atoms with Gasteiger partial charge in [-0.1, -0.05) is 6.07 Å². The van der Waals surface area contributed by atoms with Gasteiger partial charge in [-0.05, 0) is 31.0 Å². The van der Waals surface area contributed by atoms with Crippen molar-refractivity contribution in [3.8, 4) is 0 Å². The number of anilines is 1. The van der Waals surface area contributed by atoms with Crippen molar-refractivity contribution in [2.75, 3.05) is 25.2 Å². The predicted octanol–water partition coefficient (Wildman–Crippen LogP) is 3.05. The molecule has 0 aliphatic carbocycles. The molecule has 0 bridgehead atoms. The molecule has 1 aromatic carbocycles. The molecule has 3 heteroatoms. The van der Waals surface area contributed by atoms with E-state index in [-0.39, 0.29) is 0 Å². The fourth-order valence-corrected chi connectivity index (χ4v) is 2.75. The molecule has 1 aliphatic rings. The lowest BCUT2D eigenvalue weighted by atomic mass is 10.1. The van der Waals surface area contributed by atoms with Crippen molar-refractivity contribution in [3.05, 3.63) is 30.5 Å². The third-order valence-electron chi connectivity index (χ3n) is 3.52. The van der Waals surface area contributed by atoms with E-state index in [0.29, 0.717) is 6.04 Å². The van der Waals surface area contributed by atoms with Gasteiger partial charge in [0, 0.05) is 24.7 Å². The van der Waals surface area contributed by atoms with Crippen LogP contribution >= 0.6 is 0 Å². The number of nitrogens with zero attached hydrogens (tertiary/aromatic N) is 1. The van der Waals surface area contributed by atoms with Gasteiger partial charge >= 0.3 is 0 Å². The van der Waals surface area contributed by atoms with Crippen LogP contribution in [0.2, 0.25) is 0 Å². The van der Waals surface area contributed by atoms with Gasteiger partial charge < -0.3 is 14.1 Å². The Balaban J connectivity index is 1.99. The zero-order valence-corrected chi connectivity index (χ0v) is 10.1. The summed E-state index contributed by atoms with van der Waals surface area (Å²) in [6.07, 6.45) is 4.21. The number of fused-ring (bicyclic) bond motifs is 1. The maximum absolute atomic E-state index is 5.46. The van der Waals surface area contributed by atoms with Gasteiger partial charge in [0.25, 0.3) is 0 Å². The molecule has 1 saturated heterocycles. The molecular formula is C14H17NO2. The summed E-state index contributed by atoms with van der Waals surface area (Å²) >= 11 is 0. The van der Waals surface area contributed by atoms with Crippen LogP contribution in [0.3, 0.4) is 0 Å². The van der Waals surface area contributed by atoms with Crippen LogP contribution in [0.1, 0.15) is 12.8 Å². The van der Waals surface area contributed by atoms with Gasteiger partial charge in [0.1, 0.15) is 5.58 Å². The highest BCUT2D eigenvalue weighted by molar-refractivity contribution is 5.91. The molecule has 3 nitrogen and oxygen atoms in total. The molecule has 3 rings (SSSR count). The average Bonchev–Trinajstić information content (AvgIpc) is 2.96. The zero-order chi connectivity index (χ0) is 11.7. The molecule has 0 N–H and O–H groups in total. The zero-order valence-electron chi connectivity index (χ0n) is 10.1. The van der Waals surface area contributed by atoms with E-state index < -0.39 is 0 Å². The van der Waals surface area contributed by atoms with Crippen molar-refractivity contribution < 1.29 is 9.15 Å². The molecule has 0 spiro atoms. The molecule has 1 fully saturated rings. The Morgan fingerprint density at radius 1 is 1.41 bits per heavy atom. The topological polar surface area (TPSA) is 25.6 Å². The van der Waals surface area contributed by atoms with E-state index in [1.165, 1.54) is 23.9 Å². The molecule has 0 saturated carbocycles. The van der Waals surface area contributed by atoms with Crippen LogP contribution in [0.15, 0.2) is 34.9 Å². The summed E-state index contributed by atoms with van der Waals surface area (Å²) in [5.41, 5.74) is 2.24. The summed E-state index contributed by atoms with van der Waals surface area (Å²) < 4.78 is 10.8. The molecule has 2 heterocycles. The van der Waals surface area contributed by atoms with Crippen LogP contribution in [0, 0.1) is 0 Å². The first-order valence-electron chi connectivity index (χ1n) is 6.12. The number of furan rings is 1. The van der Waals surface area contributed by atoms with Gasteiger partial charge in [0.2, 0.25) is 0 Å². The number of benzene rings is 1. The van der Waals surface area contributed by atoms with E-state index >= 15 is 0 Å². The third-order valence-corrected chi connectivity index (χ3v) is 3.52. The maximum Gasteiger partial charge on any atom is 0.135 e. The number of ether oxygens (including phenoxy) is 1. The fraction of sp³-hybridized carbons (Fsp3) is 0.429. The van der Waals surface area contributed by atoms with Gasteiger partial charge in [-0.2, -0.15) is 0 Å². The van der Waals surface area contributed by atoms with Crippen molar-refractivity contribution in [2.45, 2.75) is 18.9 Å². The summed E-state index contributed by atoms with van der Waals surface area (Å²) in [5.74, 6) is 0. The van der Waals surface area contributed by atoms with Crippen LogP contribution in [0.4, 0.5) is 5.69 Å². The van der Waals surface area contributed by atoms with E-state index in [1.807, 2.05) is 12.1 Å². The first-order chi connectivity index (χ1) is 8.40. The number of methoxy groups -OCH3 is 1. The summed E-state index contributed by atoms with van der Waals surface area (Å²) in [4.78, 5) is 2.45. The fourth-order valence-electron chi connectivity index (χ4n) is 2.75. The monoisotopic (exact) mass is 231 g/mol. The molecule has 1 aliphatic heterocycles. The molecule has 90 valence electrons. The number of hydrogen-bond donors (Lipinski definition) is 0. The van der Waals surface area contributed by atoms with Crippen LogP contribution in [-0.2, 0) is 4.74 Å². The average molecular weight is 231 g/mol. The molecule has 0 unspecified atom stereocenters. The van der Waals surface area contributed by atoms with Gasteiger partial charge in [-0.25, -0.2) is 0 Å². The Labute approximate surface area is 101 Å². The van der Waals surface area contributed by atoms with E-state index in [2.05, 4.69) is 17.0 Å². The highest BCUT2D eigenvalue weighted by atomic mass is 16.5. The van der Waals surface area contributed by atoms with E-state index in [9.17, 15) is 0 Å². The van der Waals surface area contributed by atoms with Crippen molar-refractivity contribution in [2.24, 2.45) is 0 Å². The van der Waals surface area contributed by atoms with Gasteiger partial charge in [-0.3, -0.25) is 0 Å². The van der Waals surface area contributed by atoms with Crippen molar-refractivity contribution in [1.29, 1.82) is 0 Å². The largest absolute Gasteiger partial charge is 0.464 e. The Hall–Kier alpha value is -1.48. The second-order valence-corrected chi connectivity index (χ2v) is 4.55. The minimum absolute atomic E-state index is 0.500. The van der Waals surface area contributed by atoms with Crippen LogP contribution in [0.25, 0.3) is 11.0 Å². The van der Waals surface area contributed by atoms with E-state index in [4.69, 9.17) is 9.15 Å². The van der Waals surface area contributed by atoms with Gasteiger partial charge in [-0.15, -0.1) is 0 Å². The van der Waals surface area contributed by atoms with Crippen LogP contribution in [-0.4, -0.2) is 26.3 Å². The lowest BCUT2D eigenvalue weighted by Gasteiger charge is -2.26. The van der Waals surface area contributed by atoms with Gasteiger partial charge in [0.15, 0.2) is 0 Å². The minimum atomic E-state index is 0.500. The number of rotatable bonds is 3. The molecule has 1 atom stereocenters. The second kappa shape index (κ2) is 4.41. The van der Waals surface area contributed by atoms with Gasteiger partial charge in [0.05, 0.1) is 18.9 Å². The summed E-state index contributed by atoms with van der Waals surface area (Å²) in [6.45, 7) is 1.91. The second-order valence-electron chi connectivity index (χ2n) is 4.55. The molecule has 0 radical (unpaired) electrons. The Morgan fingerprint density at radius 2 is 2.35 bits per heavy atom. The normalized spacial score (nSPS) is 20.3. The Bertz CT molecular complexity index is 506. The highest BCUT2D eigenvalue weighted by Gasteiger charge is 2.25. The first-order valence-corrected chi connectivity index (χ1v) is 6.12. The summed E-state index contributed by atoms with van der Waals surface area (Å²) in [6, 6.07) is 8.79. The summed E-state index contributed by atoms with van der Waals surface area (Å²) in [7, 11) is 1.77. The van der Waals surface area contributed by atoms with Crippen LogP contribution < -0.4 is 4.90 Å². The highest BCUT2D eigenvalue weighted by Crippen LogP contribution is 2.32. The van der Waals surface area contributed by atoms with E-state index in [1.54, 1.807) is 13.4 Å². The van der Waals surface area contributed by atoms with E-state index in [0.717, 1.165) is 18.7 Å². The van der Waals surface area contributed by atoms with Crippen molar-refractivity contribution in [3.63, 3.8) is 0 Å². The molecule has 2 aromatic rings. The SMILES string of the molecule is COC[C@H]1CCCN1c1cccc2occc12. The standard InChI is InChI=1S/C14H17NO2/c1-16-10-11-4-3-8-15(11)13-5-2-6-14-12(13)7-9-17-14/h2,5-7,9,11H,3-4,8,10H2,1H3/t11-/m1/s1. The molecule has 0 amide bonds.